The van der Waals surface area contributed by atoms with E-state index in [-0.39, 0.29) is 47.7 Å². The second-order valence-electron chi connectivity index (χ2n) is 11.1. The topological polar surface area (TPSA) is 94.6 Å². The minimum absolute atomic E-state index is 0.0721. The van der Waals surface area contributed by atoms with Crippen LogP contribution in [0.4, 0.5) is 0 Å². The van der Waals surface area contributed by atoms with E-state index in [2.05, 4.69) is 34.4 Å². The summed E-state index contributed by atoms with van der Waals surface area (Å²) < 4.78 is 0. The number of nitrogens with one attached hydrogen (secondary N) is 2. The lowest BCUT2D eigenvalue weighted by Gasteiger charge is -2.39. The minimum Gasteiger partial charge on any atom is -0.348 e. The molecule has 3 atom stereocenters. The summed E-state index contributed by atoms with van der Waals surface area (Å²) in [6.07, 6.45) is 8.16. The Labute approximate surface area is 223 Å². The summed E-state index contributed by atoms with van der Waals surface area (Å²) in [6, 6.07) is 2.85. The Morgan fingerprint density at radius 3 is 2.30 bits per heavy atom. The van der Waals surface area contributed by atoms with Crippen LogP contribution in [0.5, 0.6) is 0 Å². The van der Waals surface area contributed by atoms with Gasteiger partial charge in [0.2, 0.25) is 17.7 Å². The number of hydrogen-bond acceptors (Lipinski definition) is 5. The van der Waals surface area contributed by atoms with Crippen molar-refractivity contribution in [1.29, 1.82) is 0 Å². The van der Waals surface area contributed by atoms with Gasteiger partial charge in [-0.1, -0.05) is 40.2 Å². The predicted octanol–water partition coefficient (Wildman–Crippen LogP) is 3.53. The Morgan fingerprint density at radius 1 is 1.08 bits per heavy atom. The fraction of sp³-hybridized carbons (Fsp3) is 0.655. The molecule has 1 fully saturated rings. The lowest BCUT2D eigenvalue weighted by atomic mass is 9.95. The summed E-state index contributed by atoms with van der Waals surface area (Å²) >= 11 is 0. The van der Waals surface area contributed by atoms with Crippen LogP contribution in [0.15, 0.2) is 36.2 Å². The fourth-order valence-corrected chi connectivity index (χ4v) is 4.89. The molecule has 0 aromatic carbocycles. The Bertz CT molecular complexity index is 929. The van der Waals surface area contributed by atoms with Crippen LogP contribution in [0.3, 0.4) is 0 Å². The first kappa shape index (κ1) is 30.5. The molecule has 1 saturated heterocycles. The van der Waals surface area contributed by atoms with Crippen molar-refractivity contribution in [3.05, 3.63) is 41.7 Å². The first-order valence-corrected chi connectivity index (χ1v) is 13.6. The van der Waals surface area contributed by atoms with Gasteiger partial charge in [0.25, 0.3) is 0 Å². The molecule has 1 aromatic rings. The van der Waals surface area contributed by atoms with E-state index in [0.717, 1.165) is 31.4 Å². The molecule has 0 radical (unpaired) electrons. The Balaban J connectivity index is 2.13. The highest BCUT2D eigenvalue weighted by Crippen LogP contribution is 2.21. The van der Waals surface area contributed by atoms with E-state index in [1.165, 1.54) is 0 Å². The number of amides is 3. The third kappa shape index (κ3) is 8.66. The summed E-state index contributed by atoms with van der Waals surface area (Å²) in [5, 5.41) is 6.01. The van der Waals surface area contributed by atoms with Gasteiger partial charge in [-0.15, -0.1) is 0 Å². The molecule has 1 aliphatic rings. The molecule has 1 aliphatic heterocycles. The van der Waals surface area contributed by atoms with Gasteiger partial charge in [0.15, 0.2) is 0 Å². The van der Waals surface area contributed by atoms with Crippen LogP contribution in [-0.4, -0.2) is 70.3 Å². The van der Waals surface area contributed by atoms with Gasteiger partial charge in [-0.2, -0.15) is 0 Å². The van der Waals surface area contributed by atoms with Gasteiger partial charge in [0.05, 0.1) is 12.1 Å². The molecule has 0 spiro atoms. The summed E-state index contributed by atoms with van der Waals surface area (Å²) in [5.74, 6) is -0.387. The third-order valence-electron chi connectivity index (χ3n) is 7.20. The number of hydrogen-bond donors (Lipinski definition) is 2. The first-order chi connectivity index (χ1) is 17.4. The van der Waals surface area contributed by atoms with E-state index in [1.54, 1.807) is 31.3 Å². The van der Waals surface area contributed by atoms with E-state index >= 15 is 0 Å². The number of carbonyl (C=O) groups is 3. The molecule has 37 heavy (non-hydrogen) atoms. The zero-order valence-corrected chi connectivity index (χ0v) is 24.0. The molecule has 3 amide bonds. The third-order valence-corrected chi connectivity index (χ3v) is 7.20. The van der Waals surface area contributed by atoms with E-state index in [1.807, 2.05) is 45.9 Å². The Kier molecular flexibility index (Phi) is 11.8. The lowest BCUT2D eigenvalue weighted by Crippen LogP contribution is -2.58. The number of rotatable bonds is 11. The first-order valence-electron chi connectivity index (χ1n) is 13.6. The van der Waals surface area contributed by atoms with E-state index < -0.39 is 6.04 Å². The SMILES string of the molecule is CC(=C[C@H](C(C)C)N(C)C(=O)[C@@H](NC(=O)[C@H]1CCCCN1C(C)C)C(C)C)C(=O)NCc1ccncc1. The van der Waals surface area contributed by atoms with Gasteiger partial charge in [-0.3, -0.25) is 24.3 Å². The molecular formula is C29H47N5O3. The average molecular weight is 514 g/mol. The number of carbonyl (C=O) groups excluding carboxylic acids is 3. The van der Waals surface area contributed by atoms with E-state index in [9.17, 15) is 14.4 Å². The van der Waals surface area contributed by atoms with Crippen molar-refractivity contribution in [2.45, 2.75) is 98.4 Å². The molecule has 2 rings (SSSR count). The number of aromatic nitrogens is 1. The van der Waals surface area contributed by atoms with Crippen molar-refractivity contribution >= 4 is 17.7 Å². The number of pyridine rings is 1. The lowest BCUT2D eigenvalue weighted by molar-refractivity contribution is -0.140. The molecule has 8 nitrogen and oxygen atoms in total. The summed E-state index contributed by atoms with van der Waals surface area (Å²) in [6.45, 7) is 15.3. The van der Waals surface area contributed by atoms with E-state index in [0.29, 0.717) is 12.1 Å². The Hall–Kier alpha value is -2.74. The van der Waals surface area contributed by atoms with Crippen LogP contribution in [0, 0.1) is 11.8 Å². The van der Waals surface area contributed by atoms with Gasteiger partial charge in [0, 0.05) is 37.6 Å². The summed E-state index contributed by atoms with van der Waals surface area (Å²) in [4.78, 5) is 47.7. The quantitative estimate of drug-likeness (QED) is 0.442. The molecule has 8 heteroatoms. The molecule has 0 saturated carbocycles. The molecule has 1 aromatic heterocycles. The minimum atomic E-state index is -0.635. The molecular weight excluding hydrogens is 466 g/mol. The monoisotopic (exact) mass is 513 g/mol. The van der Waals surface area contributed by atoms with Gasteiger partial charge in [-0.25, -0.2) is 0 Å². The molecule has 0 unspecified atom stereocenters. The fourth-order valence-electron chi connectivity index (χ4n) is 4.89. The van der Waals surface area contributed by atoms with Gasteiger partial charge >= 0.3 is 0 Å². The van der Waals surface area contributed by atoms with Crippen LogP contribution >= 0.6 is 0 Å². The van der Waals surface area contributed by atoms with Gasteiger partial charge < -0.3 is 15.5 Å². The highest BCUT2D eigenvalue weighted by atomic mass is 16.2. The van der Waals surface area contributed by atoms with Crippen LogP contribution in [-0.2, 0) is 20.9 Å². The predicted molar refractivity (Wildman–Crippen MR) is 147 cm³/mol. The van der Waals surface area contributed by atoms with Crippen molar-refractivity contribution in [3.8, 4) is 0 Å². The average Bonchev–Trinajstić information content (AvgIpc) is 2.87. The molecule has 0 aliphatic carbocycles. The van der Waals surface area contributed by atoms with E-state index in [4.69, 9.17) is 0 Å². The second kappa shape index (κ2) is 14.3. The maximum absolute atomic E-state index is 13.7. The molecule has 206 valence electrons. The number of likely N-dealkylation sites (tertiary alicyclic amines) is 1. The number of nitrogens with zero attached hydrogens (tertiary/aromatic N) is 3. The zero-order valence-electron chi connectivity index (χ0n) is 24.0. The van der Waals surface area contributed by atoms with Crippen LogP contribution < -0.4 is 10.6 Å². The maximum Gasteiger partial charge on any atom is 0.246 e. The largest absolute Gasteiger partial charge is 0.348 e. The van der Waals surface area contributed by atoms with Crippen molar-refractivity contribution in [3.63, 3.8) is 0 Å². The van der Waals surface area contributed by atoms with Gasteiger partial charge in [-0.05, 0) is 69.7 Å². The molecule has 2 N–H and O–H groups in total. The highest BCUT2D eigenvalue weighted by molar-refractivity contribution is 5.93. The summed E-state index contributed by atoms with van der Waals surface area (Å²) in [5.41, 5.74) is 1.51. The molecule has 0 bridgehead atoms. The normalized spacial score (nSPS) is 18.6. The van der Waals surface area contributed by atoms with Crippen LogP contribution in [0.2, 0.25) is 0 Å². The second-order valence-corrected chi connectivity index (χ2v) is 11.1. The standard InChI is InChI=1S/C29H47N5O3/c1-19(2)25(17-22(7)27(35)31-18-23-12-14-30-15-13-23)33(8)29(37)26(20(3)4)32-28(36)24-11-9-10-16-34(24)21(5)6/h12-15,17,19-21,24-26H,9-11,16,18H2,1-8H3,(H,31,35)(H,32,36)/t24-,25-,26+/m1/s1. The van der Waals surface area contributed by atoms with Crippen molar-refractivity contribution < 1.29 is 14.4 Å². The van der Waals surface area contributed by atoms with Crippen molar-refractivity contribution in [1.82, 2.24) is 25.4 Å². The smallest absolute Gasteiger partial charge is 0.246 e. The summed E-state index contributed by atoms with van der Waals surface area (Å²) in [7, 11) is 1.76. The van der Waals surface area contributed by atoms with Crippen LogP contribution in [0.1, 0.15) is 73.3 Å². The van der Waals surface area contributed by atoms with Crippen molar-refractivity contribution in [2.24, 2.45) is 11.8 Å². The highest BCUT2D eigenvalue weighted by Gasteiger charge is 2.36. The maximum atomic E-state index is 13.7. The van der Waals surface area contributed by atoms with Crippen molar-refractivity contribution in [2.75, 3.05) is 13.6 Å². The molecule has 2 heterocycles. The van der Waals surface area contributed by atoms with Gasteiger partial charge in [0.1, 0.15) is 6.04 Å². The zero-order chi connectivity index (χ0) is 27.7. The number of piperidine rings is 1. The number of likely N-dealkylation sites (N-methyl/N-ethyl adjacent to an activating group) is 1. The Morgan fingerprint density at radius 2 is 1.73 bits per heavy atom. The van der Waals surface area contributed by atoms with Crippen LogP contribution in [0.25, 0.3) is 0 Å².